The van der Waals surface area contributed by atoms with Crippen molar-refractivity contribution in [3.8, 4) is 11.8 Å². The third kappa shape index (κ3) is 3.38. The summed E-state index contributed by atoms with van der Waals surface area (Å²) in [5.41, 5.74) is -0.836. The van der Waals surface area contributed by atoms with E-state index in [4.69, 9.17) is 16.9 Å². The minimum Gasteiger partial charge on any atom is -0.323 e. The highest BCUT2D eigenvalue weighted by Gasteiger charge is 2.34. The summed E-state index contributed by atoms with van der Waals surface area (Å²) in [4.78, 5) is 11.5. The Bertz CT molecular complexity index is 748. The lowest BCUT2D eigenvalue weighted by Crippen LogP contribution is -2.13. The second kappa shape index (κ2) is 6.07. The topological polar surface area (TPSA) is 70.7 Å². The van der Waals surface area contributed by atoms with Gasteiger partial charge in [0.15, 0.2) is 5.69 Å². The number of nitriles is 1. The van der Waals surface area contributed by atoms with Crippen molar-refractivity contribution >= 4 is 23.2 Å². The van der Waals surface area contributed by atoms with Crippen LogP contribution in [0.1, 0.15) is 12.1 Å². The van der Waals surface area contributed by atoms with Gasteiger partial charge in [-0.1, -0.05) is 17.7 Å². The van der Waals surface area contributed by atoms with Crippen molar-refractivity contribution in [2.24, 2.45) is 0 Å². The Morgan fingerprint density at radius 2 is 2.14 bits per heavy atom. The first-order chi connectivity index (χ1) is 10.3. The molecule has 0 bridgehead atoms. The molecule has 1 aromatic heterocycles. The van der Waals surface area contributed by atoms with Crippen LogP contribution in [0.3, 0.4) is 0 Å². The number of alkyl halides is 3. The zero-order valence-electron chi connectivity index (χ0n) is 10.9. The Balaban J connectivity index is 2.44. The standard InChI is InChI=1S/C13H8ClF3N4O/c14-8-2-1-3-9(19-11(22)4-6-18)12(8)21-7-5-10(20-21)13(15,16)17/h1-3,5,7H,4H2,(H,19,22). The van der Waals surface area contributed by atoms with Gasteiger partial charge in [-0.25, -0.2) is 4.68 Å². The van der Waals surface area contributed by atoms with Crippen molar-refractivity contribution in [3.05, 3.63) is 41.2 Å². The monoisotopic (exact) mass is 328 g/mol. The van der Waals surface area contributed by atoms with E-state index < -0.39 is 24.2 Å². The number of amides is 1. The molecular weight excluding hydrogens is 321 g/mol. The summed E-state index contributed by atoms with van der Waals surface area (Å²) in [6.07, 6.45) is -3.89. The highest BCUT2D eigenvalue weighted by molar-refractivity contribution is 6.33. The minimum atomic E-state index is -4.59. The fourth-order valence-corrected chi connectivity index (χ4v) is 1.98. The molecule has 0 saturated carbocycles. The molecule has 22 heavy (non-hydrogen) atoms. The molecule has 0 aliphatic carbocycles. The number of nitrogens with one attached hydrogen (secondary N) is 1. The number of carbonyl (C=O) groups excluding carboxylic acids is 1. The second-order valence-corrected chi connectivity index (χ2v) is 4.57. The van der Waals surface area contributed by atoms with E-state index in [1.54, 1.807) is 6.07 Å². The van der Waals surface area contributed by atoms with Gasteiger partial charge in [-0.3, -0.25) is 4.79 Å². The van der Waals surface area contributed by atoms with Crippen molar-refractivity contribution < 1.29 is 18.0 Å². The normalized spacial score (nSPS) is 11.0. The summed E-state index contributed by atoms with van der Waals surface area (Å²) in [5, 5.41) is 14.4. The first-order valence-corrected chi connectivity index (χ1v) is 6.29. The van der Waals surface area contributed by atoms with Crippen LogP contribution in [0.15, 0.2) is 30.5 Å². The molecule has 0 spiro atoms. The molecule has 0 fully saturated rings. The first-order valence-electron chi connectivity index (χ1n) is 5.91. The molecule has 5 nitrogen and oxygen atoms in total. The SMILES string of the molecule is N#CCC(=O)Nc1cccc(Cl)c1-n1ccc(C(F)(F)F)n1. The lowest BCUT2D eigenvalue weighted by Gasteiger charge is -2.12. The number of carbonyl (C=O) groups is 1. The molecule has 2 rings (SSSR count). The van der Waals surface area contributed by atoms with Crippen molar-refractivity contribution in [1.29, 1.82) is 5.26 Å². The van der Waals surface area contributed by atoms with Crippen molar-refractivity contribution in [2.75, 3.05) is 5.32 Å². The molecule has 0 atom stereocenters. The van der Waals surface area contributed by atoms with E-state index in [-0.39, 0.29) is 16.4 Å². The number of rotatable bonds is 3. The van der Waals surface area contributed by atoms with Crippen LogP contribution < -0.4 is 5.32 Å². The van der Waals surface area contributed by atoms with E-state index in [9.17, 15) is 18.0 Å². The maximum absolute atomic E-state index is 12.6. The molecule has 0 radical (unpaired) electrons. The van der Waals surface area contributed by atoms with Crippen LogP contribution in [0.4, 0.5) is 18.9 Å². The molecule has 0 aliphatic rings. The van der Waals surface area contributed by atoms with E-state index in [0.717, 1.165) is 16.9 Å². The summed E-state index contributed by atoms with van der Waals surface area (Å²) in [7, 11) is 0. The fraction of sp³-hybridized carbons (Fsp3) is 0.154. The molecule has 1 heterocycles. The Kier molecular flexibility index (Phi) is 4.37. The summed E-state index contributed by atoms with van der Waals surface area (Å²) in [6.45, 7) is 0. The third-order valence-corrected chi connectivity index (χ3v) is 2.91. The van der Waals surface area contributed by atoms with E-state index in [2.05, 4.69) is 10.4 Å². The number of anilines is 1. The molecular formula is C13H8ClF3N4O. The molecule has 9 heteroatoms. The molecule has 2 aromatic rings. The van der Waals surface area contributed by atoms with Gasteiger partial charge in [-0.15, -0.1) is 0 Å². The van der Waals surface area contributed by atoms with Crippen molar-refractivity contribution in [1.82, 2.24) is 9.78 Å². The van der Waals surface area contributed by atoms with Gasteiger partial charge in [0.05, 0.1) is 16.8 Å². The summed E-state index contributed by atoms with van der Waals surface area (Å²) >= 11 is 5.99. The largest absolute Gasteiger partial charge is 0.435 e. The number of aromatic nitrogens is 2. The minimum absolute atomic E-state index is 0.0888. The maximum Gasteiger partial charge on any atom is 0.435 e. The van der Waals surface area contributed by atoms with Gasteiger partial charge in [0.1, 0.15) is 12.1 Å². The van der Waals surface area contributed by atoms with Crippen molar-refractivity contribution in [3.63, 3.8) is 0 Å². The van der Waals surface area contributed by atoms with Crippen LogP contribution in [-0.4, -0.2) is 15.7 Å². The first kappa shape index (κ1) is 15.9. The predicted molar refractivity (Wildman–Crippen MR) is 72.4 cm³/mol. The Morgan fingerprint density at radius 3 is 2.73 bits per heavy atom. The molecule has 0 saturated heterocycles. The molecule has 0 aliphatic heterocycles. The number of benzene rings is 1. The molecule has 1 N–H and O–H groups in total. The number of hydrogen-bond acceptors (Lipinski definition) is 3. The fourth-order valence-electron chi connectivity index (χ4n) is 1.71. The van der Waals surface area contributed by atoms with Crippen LogP contribution in [0.25, 0.3) is 5.69 Å². The second-order valence-electron chi connectivity index (χ2n) is 4.16. The molecule has 0 unspecified atom stereocenters. The third-order valence-electron chi connectivity index (χ3n) is 2.61. The van der Waals surface area contributed by atoms with Gasteiger partial charge >= 0.3 is 6.18 Å². The van der Waals surface area contributed by atoms with Gasteiger partial charge in [-0.05, 0) is 18.2 Å². The van der Waals surface area contributed by atoms with Gasteiger partial charge in [0, 0.05) is 6.20 Å². The summed E-state index contributed by atoms with van der Waals surface area (Å²) < 4.78 is 38.8. The van der Waals surface area contributed by atoms with Crippen LogP contribution in [0.5, 0.6) is 0 Å². The zero-order valence-corrected chi connectivity index (χ0v) is 11.6. The average molecular weight is 329 g/mol. The molecule has 114 valence electrons. The number of nitrogens with zero attached hydrogens (tertiary/aromatic N) is 3. The van der Waals surface area contributed by atoms with Gasteiger partial charge in [0.25, 0.3) is 0 Å². The number of halogens is 4. The van der Waals surface area contributed by atoms with Crippen LogP contribution in [-0.2, 0) is 11.0 Å². The van der Waals surface area contributed by atoms with Crippen LogP contribution in [0, 0.1) is 11.3 Å². The van der Waals surface area contributed by atoms with E-state index >= 15 is 0 Å². The maximum atomic E-state index is 12.6. The van der Waals surface area contributed by atoms with Gasteiger partial charge < -0.3 is 5.32 Å². The van der Waals surface area contributed by atoms with Crippen molar-refractivity contribution in [2.45, 2.75) is 12.6 Å². The number of hydrogen-bond donors (Lipinski definition) is 1. The lowest BCUT2D eigenvalue weighted by atomic mass is 10.2. The highest BCUT2D eigenvalue weighted by atomic mass is 35.5. The lowest BCUT2D eigenvalue weighted by molar-refractivity contribution is -0.141. The number of para-hydroxylation sites is 1. The Hall–Kier alpha value is -2.53. The van der Waals surface area contributed by atoms with E-state index in [1.807, 2.05) is 0 Å². The molecule has 1 amide bonds. The summed E-state index contributed by atoms with van der Waals surface area (Å²) in [6, 6.07) is 6.88. The van der Waals surface area contributed by atoms with E-state index in [0.29, 0.717) is 0 Å². The van der Waals surface area contributed by atoms with Crippen LogP contribution >= 0.6 is 11.6 Å². The highest BCUT2D eigenvalue weighted by Crippen LogP contribution is 2.31. The van der Waals surface area contributed by atoms with Gasteiger partial charge in [-0.2, -0.15) is 23.5 Å². The van der Waals surface area contributed by atoms with E-state index in [1.165, 1.54) is 18.2 Å². The summed E-state index contributed by atoms with van der Waals surface area (Å²) in [5.74, 6) is -0.603. The Labute approximate surface area is 127 Å². The Morgan fingerprint density at radius 1 is 1.41 bits per heavy atom. The zero-order chi connectivity index (χ0) is 16.3. The molecule has 1 aromatic carbocycles. The quantitative estimate of drug-likeness (QED) is 0.938. The smallest absolute Gasteiger partial charge is 0.323 e. The predicted octanol–water partition coefficient (Wildman–Crippen LogP) is 3.40. The average Bonchev–Trinajstić information content (AvgIpc) is 2.88. The van der Waals surface area contributed by atoms with Crippen LogP contribution in [0.2, 0.25) is 5.02 Å². The van der Waals surface area contributed by atoms with Gasteiger partial charge in [0.2, 0.25) is 5.91 Å².